The van der Waals surface area contributed by atoms with Gasteiger partial charge in [0, 0.05) is 43.4 Å². The Hall–Kier alpha value is -1.32. The van der Waals surface area contributed by atoms with E-state index in [0.717, 1.165) is 32.4 Å². The molecule has 3 nitrogen and oxygen atoms in total. The predicted octanol–water partition coefficient (Wildman–Crippen LogP) is 2.96. The van der Waals surface area contributed by atoms with Crippen LogP contribution >= 0.6 is 0 Å². The van der Waals surface area contributed by atoms with Gasteiger partial charge in [0.1, 0.15) is 0 Å². The summed E-state index contributed by atoms with van der Waals surface area (Å²) in [6, 6.07) is 8.97. The summed E-state index contributed by atoms with van der Waals surface area (Å²) in [6.07, 6.45) is 5.18. The third-order valence-electron chi connectivity index (χ3n) is 3.66. The van der Waals surface area contributed by atoms with E-state index in [1.54, 1.807) is 7.11 Å². The van der Waals surface area contributed by atoms with Crippen LogP contribution in [-0.2, 0) is 17.7 Å². The molecular weight excluding hydrogens is 236 g/mol. The minimum atomic E-state index is 0.252. The highest BCUT2D eigenvalue weighted by molar-refractivity contribution is 5.83. The van der Waals surface area contributed by atoms with Crippen LogP contribution in [0.5, 0.6) is 0 Å². The van der Waals surface area contributed by atoms with Gasteiger partial charge >= 0.3 is 0 Å². The SMILES string of the molecule is CCC(N)Cc1cccc2c1ccn2CCCOC. The van der Waals surface area contributed by atoms with Crippen LogP contribution in [-0.4, -0.2) is 24.3 Å². The molecule has 104 valence electrons. The molecule has 0 bridgehead atoms. The number of nitrogens with two attached hydrogens (primary N) is 1. The van der Waals surface area contributed by atoms with Gasteiger partial charge in [-0.15, -0.1) is 0 Å². The fourth-order valence-corrected chi connectivity index (χ4v) is 2.47. The van der Waals surface area contributed by atoms with Crippen molar-refractivity contribution >= 4 is 10.9 Å². The maximum atomic E-state index is 6.08. The smallest absolute Gasteiger partial charge is 0.0483 e. The molecule has 0 radical (unpaired) electrons. The van der Waals surface area contributed by atoms with Gasteiger partial charge in [-0.3, -0.25) is 0 Å². The molecule has 0 aliphatic carbocycles. The summed E-state index contributed by atoms with van der Waals surface area (Å²) in [5, 5.41) is 1.34. The molecule has 0 aliphatic rings. The summed E-state index contributed by atoms with van der Waals surface area (Å²) in [6.45, 7) is 3.95. The number of hydrogen-bond donors (Lipinski definition) is 1. The van der Waals surface area contributed by atoms with Gasteiger partial charge < -0.3 is 15.0 Å². The minimum absolute atomic E-state index is 0.252. The van der Waals surface area contributed by atoms with Crippen LogP contribution in [0, 0.1) is 0 Å². The van der Waals surface area contributed by atoms with E-state index in [2.05, 4.69) is 42.0 Å². The van der Waals surface area contributed by atoms with Crippen LogP contribution in [0.15, 0.2) is 30.5 Å². The second kappa shape index (κ2) is 6.73. The third kappa shape index (κ3) is 3.37. The molecule has 0 amide bonds. The molecule has 1 heterocycles. The van der Waals surface area contributed by atoms with Crippen molar-refractivity contribution in [2.45, 2.75) is 38.8 Å². The summed E-state index contributed by atoms with van der Waals surface area (Å²) in [5.41, 5.74) is 8.74. The van der Waals surface area contributed by atoms with Gasteiger partial charge in [0.05, 0.1) is 0 Å². The second-order valence-electron chi connectivity index (χ2n) is 5.08. The maximum absolute atomic E-state index is 6.08. The number of fused-ring (bicyclic) bond motifs is 1. The number of aromatic nitrogens is 1. The number of aryl methyl sites for hydroxylation is 1. The first-order chi connectivity index (χ1) is 9.26. The predicted molar refractivity (Wildman–Crippen MR) is 80.4 cm³/mol. The summed E-state index contributed by atoms with van der Waals surface area (Å²) in [7, 11) is 1.75. The standard InChI is InChI=1S/C16H24N2O/c1-3-14(17)12-13-6-4-7-16-15(13)8-10-18(16)9-5-11-19-2/h4,6-8,10,14H,3,5,9,11-12,17H2,1-2H3. The second-order valence-corrected chi connectivity index (χ2v) is 5.08. The maximum Gasteiger partial charge on any atom is 0.0483 e. The Labute approximate surface area is 115 Å². The van der Waals surface area contributed by atoms with Crippen molar-refractivity contribution in [2.24, 2.45) is 5.73 Å². The lowest BCUT2D eigenvalue weighted by Gasteiger charge is -2.10. The Bertz CT molecular complexity index is 518. The van der Waals surface area contributed by atoms with Crippen LogP contribution in [0.4, 0.5) is 0 Å². The molecule has 0 fully saturated rings. The Balaban J connectivity index is 2.21. The first kappa shape index (κ1) is 14.1. The topological polar surface area (TPSA) is 40.2 Å². The Morgan fingerprint density at radius 3 is 2.89 bits per heavy atom. The van der Waals surface area contributed by atoms with Gasteiger partial charge in [0.25, 0.3) is 0 Å². The van der Waals surface area contributed by atoms with Gasteiger partial charge in [0.2, 0.25) is 0 Å². The van der Waals surface area contributed by atoms with Gasteiger partial charge in [-0.1, -0.05) is 19.1 Å². The summed E-state index contributed by atoms with van der Waals surface area (Å²) >= 11 is 0. The molecule has 1 unspecified atom stereocenters. The number of nitrogens with zero attached hydrogens (tertiary/aromatic N) is 1. The average molecular weight is 260 g/mol. The Morgan fingerprint density at radius 1 is 1.32 bits per heavy atom. The first-order valence-electron chi connectivity index (χ1n) is 7.07. The van der Waals surface area contributed by atoms with E-state index in [-0.39, 0.29) is 6.04 Å². The molecular formula is C16H24N2O. The van der Waals surface area contributed by atoms with E-state index in [4.69, 9.17) is 10.5 Å². The highest BCUT2D eigenvalue weighted by atomic mass is 16.5. The van der Waals surface area contributed by atoms with Crippen LogP contribution in [0.3, 0.4) is 0 Å². The highest BCUT2D eigenvalue weighted by Gasteiger charge is 2.08. The number of ether oxygens (including phenoxy) is 1. The van der Waals surface area contributed by atoms with Crippen LogP contribution in [0.25, 0.3) is 10.9 Å². The molecule has 1 atom stereocenters. The number of rotatable bonds is 7. The Kier molecular flexibility index (Phi) is 5.00. The average Bonchev–Trinajstić information content (AvgIpc) is 2.83. The molecule has 0 saturated heterocycles. The Morgan fingerprint density at radius 2 is 2.16 bits per heavy atom. The van der Waals surface area contributed by atoms with Crippen LogP contribution < -0.4 is 5.73 Å². The lowest BCUT2D eigenvalue weighted by Crippen LogP contribution is -2.21. The minimum Gasteiger partial charge on any atom is -0.385 e. The molecule has 2 aromatic rings. The quantitative estimate of drug-likeness (QED) is 0.777. The van der Waals surface area contributed by atoms with E-state index < -0.39 is 0 Å². The van der Waals surface area contributed by atoms with E-state index in [1.807, 2.05) is 0 Å². The van der Waals surface area contributed by atoms with Crippen LogP contribution in [0.1, 0.15) is 25.3 Å². The van der Waals surface area contributed by atoms with Crippen molar-refractivity contribution < 1.29 is 4.74 Å². The molecule has 3 heteroatoms. The molecule has 0 spiro atoms. The monoisotopic (exact) mass is 260 g/mol. The zero-order valence-corrected chi connectivity index (χ0v) is 11.9. The molecule has 19 heavy (non-hydrogen) atoms. The summed E-state index contributed by atoms with van der Waals surface area (Å²) < 4.78 is 7.41. The lowest BCUT2D eigenvalue weighted by molar-refractivity contribution is 0.190. The molecule has 0 saturated carbocycles. The van der Waals surface area contributed by atoms with Crippen molar-refractivity contribution in [3.8, 4) is 0 Å². The van der Waals surface area contributed by atoms with Crippen molar-refractivity contribution in [1.82, 2.24) is 4.57 Å². The van der Waals surface area contributed by atoms with Crippen molar-refractivity contribution in [2.75, 3.05) is 13.7 Å². The van der Waals surface area contributed by atoms with E-state index in [1.165, 1.54) is 16.5 Å². The number of benzene rings is 1. The van der Waals surface area contributed by atoms with Crippen molar-refractivity contribution in [3.63, 3.8) is 0 Å². The fraction of sp³-hybridized carbons (Fsp3) is 0.500. The van der Waals surface area contributed by atoms with Crippen molar-refractivity contribution in [1.29, 1.82) is 0 Å². The molecule has 0 aliphatic heterocycles. The van der Waals surface area contributed by atoms with Gasteiger partial charge in [0.15, 0.2) is 0 Å². The normalized spacial score (nSPS) is 13.0. The van der Waals surface area contributed by atoms with Gasteiger partial charge in [-0.25, -0.2) is 0 Å². The lowest BCUT2D eigenvalue weighted by atomic mass is 10.0. The van der Waals surface area contributed by atoms with E-state index in [0.29, 0.717) is 0 Å². The fourth-order valence-electron chi connectivity index (χ4n) is 2.47. The zero-order chi connectivity index (χ0) is 13.7. The van der Waals surface area contributed by atoms with Crippen LogP contribution in [0.2, 0.25) is 0 Å². The summed E-state index contributed by atoms with van der Waals surface area (Å²) in [5.74, 6) is 0. The highest BCUT2D eigenvalue weighted by Crippen LogP contribution is 2.22. The van der Waals surface area contributed by atoms with Gasteiger partial charge in [-0.05, 0) is 37.0 Å². The molecule has 1 aromatic heterocycles. The number of methoxy groups -OCH3 is 1. The number of hydrogen-bond acceptors (Lipinski definition) is 2. The largest absolute Gasteiger partial charge is 0.385 e. The first-order valence-corrected chi connectivity index (χ1v) is 7.07. The zero-order valence-electron chi connectivity index (χ0n) is 11.9. The molecule has 1 aromatic carbocycles. The molecule has 2 N–H and O–H groups in total. The summed E-state index contributed by atoms with van der Waals surface area (Å²) in [4.78, 5) is 0. The van der Waals surface area contributed by atoms with E-state index >= 15 is 0 Å². The van der Waals surface area contributed by atoms with E-state index in [9.17, 15) is 0 Å². The molecule has 2 rings (SSSR count). The third-order valence-corrected chi connectivity index (χ3v) is 3.66. The van der Waals surface area contributed by atoms with Crippen molar-refractivity contribution in [3.05, 3.63) is 36.0 Å². The van der Waals surface area contributed by atoms with Gasteiger partial charge in [-0.2, -0.15) is 0 Å².